The summed E-state index contributed by atoms with van der Waals surface area (Å²) in [5.41, 5.74) is -4.64. The first kappa shape index (κ1) is 30.4. The maximum atomic E-state index is 14.4. The fourth-order valence-electron chi connectivity index (χ4n) is 8.56. The Hall–Kier alpha value is -1.54. The second-order valence-corrected chi connectivity index (χ2v) is 13.4. The lowest BCUT2D eigenvalue weighted by Crippen LogP contribution is -2.65. The van der Waals surface area contributed by atoms with E-state index in [2.05, 4.69) is 6.92 Å². The van der Waals surface area contributed by atoms with Crippen LogP contribution in [0.5, 0.6) is 0 Å². The monoisotopic (exact) mass is 546 g/mol. The second kappa shape index (κ2) is 11.0. The molecular formula is C32H50O7. The van der Waals surface area contributed by atoms with Crippen LogP contribution in [0, 0.1) is 28.6 Å². The highest BCUT2D eigenvalue weighted by molar-refractivity contribution is 5.95. The van der Waals surface area contributed by atoms with Gasteiger partial charge in [-0.1, -0.05) is 91.2 Å². The van der Waals surface area contributed by atoms with Crippen LogP contribution < -0.4 is 0 Å². The predicted molar refractivity (Wildman–Crippen MR) is 149 cm³/mol. The molecule has 220 valence electrons. The molecule has 4 N–H and O–H groups in total. The van der Waals surface area contributed by atoms with E-state index in [9.17, 15) is 30.0 Å². The van der Waals surface area contributed by atoms with Gasteiger partial charge in [0.05, 0.1) is 12.0 Å². The third-order valence-electron chi connectivity index (χ3n) is 10.8. The first-order chi connectivity index (χ1) is 18.4. The first-order valence-electron chi connectivity index (χ1n) is 15.2. The summed E-state index contributed by atoms with van der Waals surface area (Å²) in [7, 11) is 0. The number of fused-ring (bicyclic) bond motifs is 3. The molecule has 39 heavy (non-hydrogen) atoms. The highest BCUT2D eigenvalue weighted by Crippen LogP contribution is 2.75. The molecule has 8 atom stereocenters. The number of unbranched alkanes of at least 4 members (excludes halogenated alkanes) is 8. The number of aliphatic hydroxyl groups excluding tert-OH is 3. The quantitative estimate of drug-likeness (QED) is 0.162. The van der Waals surface area contributed by atoms with Crippen molar-refractivity contribution >= 4 is 11.8 Å². The van der Waals surface area contributed by atoms with E-state index in [4.69, 9.17) is 4.74 Å². The maximum Gasteiger partial charge on any atom is 0.306 e. The summed E-state index contributed by atoms with van der Waals surface area (Å²) in [5, 5.41) is 44.5. The minimum absolute atomic E-state index is 0.117. The number of carbonyl (C=O) groups excluding carboxylic acids is 2. The summed E-state index contributed by atoms with van der Waals surface area (Å²) in [4.78, 5) is 27.5. The number of carbonyl (C=O) groups is 2. The van der Waals surface area contributed by atoms with Crippen molar-refractivity contribution in [1.82, 2.24) is 0 Å². The highest BCUT2D eigenvalue weighted by Gasteiger charge is 2.83. The van der Waals surface area contributed by atoms with Crippen LogP contribution in [0.15, 0.2) is 23.3 Å². The molecule has 0 aromatic rings. The molecule has 0 amide bonds. The Morgan fingerprint density at radius 2 is 1.62 bits per heavy atom. The zero-order valence-corrected chi connectivity index (χ0v) is 24.5. The van der Waals surface area contributed by atoms with Gasteiger partial charge in [0, 0.05) is 23.7 Å². The predicted octanol–water partition coefficient (Wildman–Crippen LogP) is 4.40. The number of ketones is 1. The van der Waals surface area contributed by atoms with Crippen molar-refractivity contribution in [2.24, 2.45) is 28.6 Å². The zero-order chi connectivity index (χ0) is 28.8. The molecule has 0 aromatic carbocycles. The standard InChI is InChI=1S/C32H50O7/c1-6-7-8-9-10-11-12-13-14-15-24(34)39-31-18-21(3)30-17-20(2)26(35)32(30,38)27(36)22(19-33)16-23(28(30)37)25(31)29(31,4)5/h16-17,21,23,25-27,33,35-36,38H,6-15,18-19H2,1-5H3/t21-,23-,25+,26+,27-,30-,31-,32-/m1/s1. The molecule has 2 fully saturated rings. The molecule has 0 heterocycles. The fraction of sp³-hybridized carbons (Fsp3) is 0.812. The van der Waals surface area contributed by atoms with Crippen LogP contribution in [-0.2, 0) is 14.3 Å². The van der Waals surface area contributed by atoms with E-state index in [1.54, 1.807) is 19.1 Å². The van der Waals surface area contributed by atoms with Gasteiger partial charge >= 0.3 is 5.97 Å². The minimum atomic E-state index is -2.21. The Labute approximate surface area is 233 Å². The highest BCUT2D eigenvalue weighted by atomic mass is 16.6. The Balaban J connectivity index is 1.53. The average Bonchev–Trinajstić information content (AvgIpc) is 3.30. The number of hydrogen-bond acceptors (Lipinski definition) is 7. The minimum Gasteiger partial charge on any atom is -0.458 e. The number of hydrogen-bond donors (Lipinski definition) is 4. The fourth-order valence-corrected chi connectivity index (χ4v) is 8.56. The number of Topliss-reactive ketones (excluding diaryl/α,β-unsaturated/α-hetero) is 1. The molecule has 4 aliphatic carbocycles. The smallest absolute Gasteiger partial charge is 0.306 e. The van der Waals surface area contributed by atoms with Crippen LogP contribution in [0.4, 0.5) is 0 Å². The summed E-state index contributed by atoms with van der Waals surface area (Å²) in [5.74, 6) is -2.21. The summed E-state index contributed by atoms with van der Waals surface area (Å²) < 4.78 is 6.31. The normalized spacial score (nSPS) is 40.1. The van der Waals surface area contributed by atoms with Crippen LogP contribution in [0.3, 0.4) is 0 Å². The lowest BCUT2D eigenvalue weighted by molar-refractivity contribution is -0.191. The van der Waals surface area contributed by atoms with E-state index in [1.165, 1.54) is 38.5 Å². The van der Waals surface area contributed by atoms with Crippen molar-refractivity contribution in [3.8, 4) is 0 Å². The Morgan fingerprint density at radius 1 is 1.03 bits per heavy atom. The Bertz CT molecular complexity index is 1010. The van der Waals surface area contributed by atoms with Crippen molar-refractivity contribution in [3.05, 3.63) is 23.3 Å². The molecule has 0 aliphatic heterocycles. The van der Waals surface area contributed by atoms with Gasteiger partial charge in [0.1, 0.15) is 23.4 Å². The van der Waals surface area contributed by atoms with E-state index < -0.39 is 52.7 Å². The molecule has 4 rings (SSSR count). The molecule has 0 unspecified atom stereocenters. The number of esters is 1. The SMILES string of the molecule is CCCCCCCCCCCC(=O)O[C@]12C[C@@H](C)[C@@]34C=C(C)[C@H](O)[C@@]3(O)[C@H](O)C(CO)=C[C@@H](C4=O)[C@H]1C2(C)C. The summed E-state index contributed by atoms with van der Waals surface area (Å²) >= 11 is 0. The van der Waals surface area contributed by atoms with E-state index in [0.717, 1.165) is 19.3 Å². The van der Waals surface area contributed by atoms with Gasteiger partial charge in [0.2, 0.25) is 0 Å². The largest absolute Gasteiger partial charge is 0.458 e. The molecule has 1 spiro atoms. The molecular weight excluding hydrogens is 496 g/mol. The number of ether oxygens (including phenoxy) is 1. The van der Waals surface area contributed by atoms with Crippen LogP contribution in [-0.4, -0.2) is 62.2 Å². The first-order valence-corrected chi connectivity index (χ1v) is 15.2. The molecule has 0 saturated heterocycles. The number of rotatable bonds is 12. The zero-order valence-electron chi connectivity index (χ0n) is 24.5. The van der Waals surface area contributed by atoms with Gasteiger partial charge in [-0.05, 0) is 36.8 Å². The van der Waals surface area contributed by atoms with Gasteiger partial charge < -0.3 is 25.2 Å². The van der Waals surface area contributed by atoms with Crippen molar-refractivity contribution in [2.45, 2.75) is 129 Å². The average molecular weight is 547 g/mol. The Kier molecular flexibility index (Phi) is 8.61. The van der Waals surface area contributed by atoms with Crippen molar-refractivity contribution in [1.29, 1.82) is 0 Å². The van der Waals surface area contributed by atoms with Crippen LogP contribution >= 0.6 is 0 Å². The van der Waals surface area contributed by atoms with Gasteiger partial charge in [-0.3, -0.25) is 9.59 Å². The lowest BCUT2D eigenvalue weighted by Gasteiger charge is -2.48. The molecule has 2 saturated carbocycles. The van der Waals surface area contributed by atoms with Crippen LogP contribution in [0.25, 0.3) is 0 Å². The number of aliphatic hydroxyl groups is 4. The van der Waals surface area contributed by atoms with Crippen molar-refractivity contribution in [3.63, 3.8) is 0 Å². The molecule has 4 aliphatic rings. The summed E-state index contributed by atoms with van der Waals surface area (Å²) in [6, 6.07) is 0. The van der Waals surface area contributed by atoms with Crippen molar-refractivity contribution < 1.29 is 34.8 Å². The van der Waals surface area contributed by atoms with Gasteiger partial charge in [0.15, 0.2) is 5.78 Å². The van der Waals surface area contributed by atoms with E-state index in [1.807, 2.05) is 20.8 Å². The third-order valence-corrected chi connectivity index (χ3v) is 10.8. The third kappa shape index (κ3) is 4.47. The van der Waals surface area contributed by atoms with Crippen LogP contribution in [0.1, 0.15) is 105 Å². The van der Waals surface area contributed by atoms with Gasteiger partial charge in [-0.2, -0.15) is 0 Å². The molecule has 7 nitrogen and oxygen atoms in total. The van der Waals surface area contributed by atoms with Gasteiger partial charge in [-0.25, -0.2) is 0 Å². The lowest BCUT2D eigenvalue weighted by atomic mass is 9.59. The maximum absolute atomic E-state index is 14.4. The van der Waals surface area contributed by atoms with E-state index in [-0.39, 0.29) is 23.2 Å². The van der Waals surface area contributed by atoms with Crippen molar-refractivity contribution in [2.75, 3.05) is 6.61 Å². The summed E-state index contributed by atoms with van der Waals surface area (Å²) in [6.07, 6.45) is 11.2. The van der Waals surface area contributed by atoms with Gasteiger partial charge in [0.25, 0.3) is 0 Å². The van der Waals surface area contributed by atoms with Gasteiger partial charge in [-0.15, -0.1) is 0 Å². The molecule has 0 aromatic heterocycles. The molecule has 0 radical (unpaired) electrons. The topological polar surface area (TPSA) is 124 Å². The van der Waals surface area contributed by atoms with Crippen LogP contribution in [0.2, 0.25) is 0 Å². The second-order valence-electron chi connectivity index (χ2n) is 13.4. The number of allylic oxidation sites excluding steroid dienone is 1. The molecule has 2 bridgehead atoms. The summed E-state index contributed by atoms with van der Waals surface area (Å²) in [6.45, 7) is 9.16. The van der Waals surface area contributed by atoms with E-state index >= 15 is 0 Å². The Morgan fingerprint density at radius 3 is 2.21 bits per heavy atom. The molecule has 7 heteroatoms. The van der Waals surface area contributed by atoms with E-state index in [0.29, 0.717) is 18.4 Å².